The van der Waals surface area contributed by atoms with Crippen LogP contribution in [0.4, 0.5) is 10.1 Å². The first kappa shape index (κ1) is 22.3. The van der Waals surface area contributed by atoms with E-state index in [-0.39, 0.29) is 11.7 Å². The topological polar surface area (TPSA) is 60.6 Å². The Morgan fingerprint density at radius 3 is 2.53 bits per heavy atom. The van der Waals surface area contributed by atoms with E-state index in [1.54, 1.807) is 19.2 Å². The molecule has 0 spiro atoms. The number of aromatic amines is 1. The Morgan fingerprint density at radius 2 is 1.84 bits per heavy atom. The monoisotopic (exact) mass is 438 g/mol. The van der Waals surface area contributed by atoms with Crippen molar-refractivity contribution in [3.05, 3.63) is 64.6 Å². The van der Waals surface area contributed by atoms with Crippen LogP contribution in [0.3, 0.4) is 0 Å². The fraction of sp³-hybridized carbons (Fsp3) is 0.400. The molecule has 4 rings (SSSR count). The Balaban J connectivity index is 1.56. The molecule has 0 atom stereocenters. The number of ether oxygens (including phenoxy) is 1. The van der Waals surface area contributed by atoms with Gasteiger partial charge in [0.05, 0.1) is 17.8 Å². The van der Waals surface area contributed by atoms with Gasteiger partial charge in [-0.3, -0.25) is 9.69 Å². The maximum Gasteiger partial charge on any atom is 0.254 e. The molecule has 1 aliphatic rings. The number of rotatable bonds is 7. The highest BCUT2D eigenvalue weighted by Gasteiger charge is 2.23. The summed E-state index contributed by atoms with van der Waals surface area (Å²) in [5.41, 5.74) is 5.76. The third-order valence-electron chi connectivity index (χ3n) is 6.33. The number of anilines is 1. The minimum absolute atomic E-state index is 0.0568. The van der Waals surface area contributed by atoms with Crippen LogP contribution in [-0.2, 0) is 11.3 Å². The van der Waals surface area contributed by atoms with Crippen molar-refractivity contribution in [2.24, 2.45) is 0 Å². The first-order valence-corrected chi connectivity index (χ1v) is 11.1. The van der Waals surface area contributed by atoms with Crippen molar-refractivity contribution < 1.29 is 13.9 Å². The summed E-state index contributed by atoms with van der Waals surface area (Å²) in [6.45, 7) is 9.39. The summed E-state index contributed by atoms with van der Waals surface area (Å²) in [6, 6.07) is 10.4. The van der Waals surface area contributed by atoms with E-state index in [4.69, 9.17) is 4.74 Å². The number of methoxy groups -OCH3 is 1. The number of fused-ring (bicyclic) bond motifs is 1. The molecule has 0 saturated carbocycles. The van der Waals surface area contributed by atoms with Crippen molar-refractivity contribution in [2.45, 2.75) is 20.4 Å². The van der Waals surface area contributed by atoms with Gasteiger partial charge in [-0.05, 0) is 49.2 Å². The lowest BCUT2D eigenvalue weighted by molar-refractivity contribution is 0.0594. The lowest BCUT2D eigenvalue weighted by atomic mass is 10.1. The zero-order chi connectivity index (χ0) is 22.7. The van der Waals surface area contributed by atoms with E-state index in [2.05, 4.69) is 22.1 Å². The number of nitrogens with zero attached hydrogens (tertiary/aromatic N) is 2. The number of aryl methyl sites for hydroxylation is 2. The fourth-order valence-electron chi connectivity index (χ4n) is 4.20. The first-order valence-electron chi connectivity index (χ1n) is 11.1. The number of aromatic nitrogens is 1. The van der Waals surface area contributed by atoms with Crippen molar-refractivity contribution in [2.75, 3.05) is 51.8 Å². The highest BCUT2D eigenvalue weighted by molar-refractivity contribution is 6.03. The zero-order valence-corrected chi connectivity index (χ0v) is 19.0. The maximum absolute atomic E-state index is 13.3. The maximum atomic E-state index is 13.3. The molecule has 32 heavy (non-hydrogen) atoms. The molecule has 0 radical (unpaired) electrons. The minimum Gasteiger partial charge on any atom is -0.383 e. The van der Waals surface area contributed by atoms with Gasteiger partial charge in [-0.15, -0.1) is 0 Å². The van der Waals surface area contributed by atoms with Gasteiger partial charge >= 0.3 is 0 Å². The normalized spacial score (nSPS) is 14.8. The number of halogens is 1. The molecule has 7 heteroatoms. The van der Waals surface area contributed by atoms with Crippen LogP contribution in [0.15, 0.2) is 36.4 Å². The van der Waals surface area contributed by atoms with Crippen molar-refractivity contribution in [1.82, 2.24) is 14.8 Å². The van der Waals surface area contributed by atoms with Crippen molar-refractivity contribution in [3.63, 3.8) is 0 Å². The SMILES string of the molecule is COCCN1CCN(C(=O)c2cc(NCc3ccc(F)cc3)c3[nH]c(C)c(C)c3c2)CC1. The summed E-state index contributed by atoms with van der Waals surface area (Å²) in [5.74, 6) is -0.192. The lowest BCUT2D eigenvalue weighted by Crippen LogP contribution is -2.49. The van der Waals surface area contributed by atoms with Crippen LogP contribution in [0, 0.1) is 19.7 Å². The quantitative estimate of drug-likeness (QED) is 0.587. The average molecular weight is 439 g/mol. The lowest BCUT2D eigenvalue weighted by Gasteiger charge is -2.34. The van der Waals surface area contributed by atoms with Gasteiger partial charge in [-0.25, -0.2) is 4.39 Å². The van der Waals surface area contributed by atoms with Gasteiger partial charge in [0.15, 0.2) is 0 Å². The molecule has 1 saturated heterocycles. The predicted molar refractivity (Wildman–Crippen MR) is 126 cm³/mol. The minimum atomic E-state index is -0.248. The van der Waals surface area contributed by atoms with E-state index >= 15 is 0 Å². The van der Waals surface area contributed by atoms with Gasteiger partial charge < -0.3 is 19.9 Å². The van der Waals surface area contributed by atoms with Crippen LogP contribution in [0.1, 0.15) is 27.2 Å². The van der Waals surface area contributed by atoms with E-state index in [0.717, 1.165) is 53.0 Å². The molecule has 0 aliphatic carbocycles. The summed E-state index contributed by atoms with van der Waals surface area (Å²) >= 11 is 0. The van der Waals surface area contributed by atoms with E-state index in [1.807, 2.05) is 24.0 Å². The number of amides is 1. The van der Waals surface area contributed by atoms with Gasteiger partial charge in [-0.1, -0.05) is 12.1 Å². The van der Waals surface area contributed by atoms with E-state index in [9.17, 15) is 9.18 Å². The number of carbonyl (C=O) groups excluding carboxylic acids is 1. The number of nitrogens with one attached hydrogen (secondary N) is 2. The molecule has 2 N–H and O–H groups in total. The summed E-state index contributed by atoms with van der Waals surface area (Å²) < 4.78 is 18.4. The Bertz CT molecular complexity index is 1090. The van der Waals surface area contributed by atoms with Gasteiger partial charge in [-0.2, -0.15) is 0 Å². The predicted octanol–water partition coefficient (Wildman–Crippen LogP) is 3.94. The van der Waals surface area contributed by atoms with E-state index in [0.29, 0.717) is 31.8 Å². The highest BCUT2D eigenvalue weighted by atomic mass is 19.1. The van der Waals surface area contributed by atoms with Crippen LogP contribution >= 0.6 is 0 Å². The summed E-state index contributed by atoms with van der Waals surface area (Å²) in [7, 11) is 1.71. The molecule has 1 fully saturated rings. The smallest absolute Gasteiger partial charge is 0.254 e. The highest BCUT2D eigenvalue weighted by Crippen LogP contribution is 2.30. The Labute approximate surface area is 188 Å². The molecular formula is C25H31FN4O2. The summed E-state index contributed by atoms with van der Waals surface area (Å²) in [5, 5.41) is 4.50. The van der Waals surface area contributed by atoms with E-state index < -0.39 is 0 Å². The van der Waals surface area contributed by atoms with Crippen LogP contribution < -0.4 is 5.32 Å². The largest absolute Gasteiger partial charge is 0.383 e. The van der Waals surface area contributed by atoms with Gasteiger partial charge in [0.25, 0.3) is 5.91 Å². The molecule has 170 valence electrons. The number of hydrogen-bond donors (Lipinski definition) is 2. The second kappa shape index (κ2) is 9.71. The molecule has 6 nitrogen and oxygen atoms in total. The van der Waals surface area contributed by atoms with Crippen LogP contribution in [-0.4, -0.2) is 67.1 Å². The summed E-state index contributed by atoms with van der Waals surface area (Å²) in [4.78, 5) is 21.1. The molecular weight excluding hydrogens is 407 g/mol. The molecule has 1 aromatic heterocycles. The number of hydrogen-bond acceptors (Lipinski definition) is 4. The Hall–Kier alpha value is -2.90. The standard InChI is InChI=1S/C25H31FN4O2/c1-17-18(2)28-24-22(17)14-20(15-23(24)27-16-19-4-6-21(26)7-5-19)25(31)30-10-8-29(9-11-30)12-13-32-3/h4-7,14-15,27-28H,8-13,16H2,1-3H3. The average Bonchev–Trinajstić information content (AvgIpc) is 3.10. The molecule has 0 bridgehead atoms. The molecule has 1 amide bonds. The Kier molecular flexibility index (Phi) is 6.77. The molecule has 0 unspecified atom stereocenters. The third-order valence-corrected chi connectivity index (χ3v) is 6.33. The van der Waals surface area contributed by atoms with Crippen molar-refractivity contribution in [1.29, 1.82) is 0 Å². The number of H-pyrrole nitrogens is 1. The van der Waals surface area contributed by atoms with Crippen LogP contribution in [0.25, 0.3) is 10.9 Å². The second-order valence-corrected chi connectivity index (χ2v) is 8.43. The van der Waals surface area contributed by atoms with Gasteiger partial charge in [0.2, 0.25) is 0 Å². The van der Waals surface area contributed by atoms with Crippen molar-refractivity contribution >= 4 is 22.5 Å². The van der Waals surface area contributed by atoms with Crippen LogP contribution in [0.2, 0.25) is 0 Å². The number of piperazine rings is 1. The van der Waals surface area contributed by atoms with E-state index in [1.165, 1.54) is 12.1 Å². The molecule has 1 aliphatic heterocycles. The third kappa shape index (κ3) is 4.79. The first-order chi connectivity index (χ1) is 15.5. The molecule has 2 heterocycles. The molecule has 2 aromatic carbocycles. The Morgan fingerprint density at radius 1 is 1.12 bits per heavy atom. The number of benzene rings is 2. The molecule has 3 aromatic rings. The second-order valence-electron chi connectivity index (χ2n) is 8.43. The van der Waals surface area contributed by atoms with Crippen molar-refractivity contribution in [3.8, 4) is 0 Å². The van der Waals surface area contributed by atoms with Gasteiger partial charge in [0.1, 0.15) is 5.82 Å². The zero-order valence-electron chi connectivity index (χ0n) is 19.0. The fourth-order valence-corrected chi connectivity index (χ4v) is 4.20. The number of carbonyl (C=O) groups is 1. The van der Waals surface area contributed by atoms with Crippen LogP contribution in [0.5, 0.6) is 0 Å². The summed E-state index contributed by atoms with van der Waals surface area (Å²) in [6.07, 6.45) is 0. The van der Waals surface area contributed by atoms with Gasteiger partial charge in [0, 0.05) is 63.0 Å².